The van der Waals surface area contributed by atoms with Gasteiger partial charge in [-0.25, -0.2) is 4.39 Å². The van der Waals surface area contributed by atoms with Crippen LogP contribution >= 0.6 is 34.8 Å². The molecule has 0 N–H and O–H groups in total. The molecular formula is C16H14Cl3F. The maximum Gasteiger partial charge on any atom is 0.123 e. The lowest BCUT2D eigenvalue weighted by Crippen LogP contribution is -2.33. The highest BCUT2D eigenvalue weighted by molar-refractivity contribution is 6.30. The molecule has 0 amide bonds. The molecule has 0 aliphatic rings. The van der Waals surface area contributed by atoms with E-state index in [0.29, 0.717) is 23.2 Å². The zero-order valence-electron chi connectivity index (χ0n) is 10.8. The van der Waals surface area contributed by atoms with Crippen molar-refractivity contribution in [3.8, 4) is 0 Å². The molecule has 0 saturated heterocycles. The topological polar surface area (TPSA) is 0 Å². The molecule has 0 radical (unpaired) electrons. The maximum atomic E-state index is 13.0. The van der Waals surface area contributed by atoms with Crippen LogP contribution in [0.25, 0.3) is 0 Å². The van der Waals surface area contributed by atoms with E-state index >= 15 is 0 Å². The molecule has 106 valence electrons. The van der Waals surface area contributed by atoms with E-state index in [1.807, 2.05) is 24.3 Å². The quantitative estimate of drug-likeness (QED) is 0.640. The van der Waals surface area contributed by atoms with Gasteiger partial charge in [-0.15, -0.1) is 23.2 Å². The van der Waals surface area contributed by atoms with Crippen LogP contribution in [-0.4, -0.2) is 11.8 Å². The second kappa shape index (κ2) is 6.80. The normalized spacial score (nSPS) is 11.6. The molecule has 0 saturated carbocycles. The van der Waals surface area contributed by atoms with Crippen LogP contribution in [0.4, 0.5) is 4.39 Å². The van der Waals surface area contributed by atoms with Crippen LogP contribution in [0.5, 0.6) is 0 Å². The lowest BCUT2D eigenvalue weighted by molar-refractivity contribution is 0.535. The van der Waals surface area contributed by atoms with Crippen molar-refractivity contribution in [2.45, 2.75) is 11.8 Å². The molecule has 20 heavy (non-hydrogen) atoms. The summed E-state index contributed by atoms with van der Waals surface area (Å²) in [5, 5.41) is 0.654. The maximum absolute atomic E-state index is 13.0. The van der Waals surface area contributed by atoms with Crippen molar-refractivity contribution in [1.29, 1.82) is 0 Å². The summed E-state index contributed by atoms with van der Waals surface area (Å²) >= 11 is 18.4. The molecule has 0 spiro atoms. The fourth-order valence-electron chi connectivity index (χ4n) is 2.20. The van der Waals surface area contributed by atoms with Gasteiger partial charge >= 0.3 is 0 Å². The lowest BCUT2D eigenvalue weighted by Gasteiger charge is -2.30. The summed E-state index contributed by atoms with van der Waals surface area (Å²) in [4.78, 5) is 0. The summed E-state index contributed by atoms with van der Waals surface area (Å²) in [6.45, 7) is 0. The number of alkyl halides is 2. The predicted octanol–water partition coefficient (Wildman–Crippen LogP) is 5.44. The first-order valence-corrected chi connectivity index (χ1v) is 7.67. The van der Waals surface area contributed by atoms with Crippen molar-refractivity contribution < 1.29 is 4.39 Å². The summed E-state index contributed by atoms with van der Waals surface area (Å²) in [6, 6.07) is 14.0. The Hall–Kier alpha value is -0.760. The van der Waals surface area contributed by atoms with Crippen LogP contribution in [0.1, 0.15) is 11.1 Å². The standard InChI is InChI=1S/C16H14Cl3F/c17-10-16(11-18,13-2-1-3-14(19)8-13)9-12-4-6-15(20)7-5-12/h1-8H,9-11H2. The number of hydrogen-bond donors (Lipinski definition) is 0. The van der Waals surface area contributed by atoms with E-state index in [2.05, 4.69) is 0 Å². The molecule has 2 rings (SSSR count). The first-order chi connectivity index (χ1) is 9.59. The highest BCUT2D eigenvalue weighted by Gasteiger charge is 2.31. The second-order valence-electron chi connectivity index (χ2n) is 4.86. The van der Waals surface area contributed by atoms with Gasteiger partial charge in [-0.1, -0.05) is 35.9 Å². The third kappa shape index (κ3) is 3.46. The Balaban J connectivity index is 2.36. The minimum absolute atomic E-state index is 0.251. The van der Waals surface area contributed by atoms with Gasteiger partial charge in [0.25, 0.3) is 0 Å². The average molecular weight is 332 g/mol. The van der Waals surface area contributed by atoms with Gasteiger partial charge in [-0.05, 0) is 41.8 Å². The Bertz CT molecular complexity index is 562. The molecule has 0 bridgehead atoms. The van der Waals surface area contributed by atoms with Crippen molar-refractivity contribution >= 4 is 34.8 Å². The number of hydrogen-bond acceptors (Lipinski definition) is 0. The molecule has 4 heteroatoms. The highest BCUT2D eigenvalue weighted by atomic mass is 35.5. The van der Waals surface area contributed by atoms with Crippen LogP contribution in [0.2, 0.25) is 5.02 Å². The van der Waals surface area contributed by atoms with E-state index in [0.717, 1.165) is 11.1 Å². The first kappa shape index (κ1) is 15.6. The first-order valence-electron chi connectivity index (χ1n) is 6.22. The third-order valence-electron chi connectivity index (χ3n) is 3.40. The van der Waals surface area contributed by atoms with E-state index in [9.17, 15) is 4.39 Å². The minimum Gasteiger partial charge on any atom is -0.207 e. The molecule has 0 aliphatic carbocycles. The van der Waals surface area contributed by atoms with E-state index < -0.39 is 5.41 Å². The molecule has 0 fully saturated rings. The molecule has 2 aromatic rings. The third-order valence-corrected chi connectivity index (χ3v) is 4.66. The largest absolute Gasteiger partial charge is 0.207 e. The Morgan fingerprint density at radius 2 is 1.60 bits per heavy atom. The van der Waals surface area contributed by atoms with Crippen LogP contribution in [0, 0.1) is 5.82 Å². The Labute approximate surface area is 133 Å². The van der Waals surface area contributed by atoms with E-state index in [1.165, 1.54) is 12.1 Å². The summed E-state index contributed by atoms with van der Waals surface area (Å²) < 4.78 is 13.0. The Morgan fingerprint density at radius 3 is 2.15 bits per heavy atom. The minimum atomic E-state index is -0.411. The van der Waals surface area contributed by atoms with Gasteiger partial charge in [0.05, 0.1) is 0 Å². The van der Waals surface area contributed by atoms with Crippen LogP contribution in [0.3, 0.4) is 0 Å². The molecule has 0 aliphatic heterocycles. The van der Waals surface area contributed by atoms with Crippen molar-refractivity contribution in [3.63, 3.8) is 0 Å². The SMILES string of the molecule is Fc1ccc(CC(CCl)(CCl)c2cccc(Cl)c2)cc1. The van der Waals surface area contributed by atoms with E-state index in [1.54, 1.807) is 12.1 Å². The molecular weight excluding hydrogens is 318 g/mol. The predicted molar refractivity (Wildman–Crippen MR) is 84.7 cm³/mol. The lowest BCUT2D eigenvalue weighted by atomic mass is 9.79. The zero-order chi connectivity index (χ0) is 14.6. The number of benzene rings is 2. The zero-order valence-corrected chi connectivity index (χ0v) is 13.0. The highest BCUT2D eigenvalue weighted by Crippen LogP contribution is 2.33. The smallest absolute Gasteiger partial charge is 0.123 e. The summed E-state index contributed by atoms with van der Waals surface area (Å²) in [5.74, 6) is 0.487. The molecule has 0 heterocycles. The van der Waals surface area contributed by atoms with Gasteiger partial charge in [-0.2, -0.15) is 0 Å². The Kier molecular flexibility index (Phi) is 5.31. The fourth-order valence-corrected chi connectivity index (χ4v) is 3.17. The number of halogens is 4. The average Bonchev–Trinajstić information content (AvgIpc) is 2.47. The molecule has 0 atom stereocenters. The van der Waals surface area contributed by atoms with E-state index in [4.69, 9.17) is 34.8 Å². The molecule has 0 aromatic heterocycles. The van der Waals surface area contributed by atoms with Crippen molar-refractivity contribution in [2.24, 2.45) is 0 Å². The van der Waals surface area contributed by atoms with Gasteiger partial charge in [-0.3, -0.25) is 0 Å². The monoisotopic (exact) mass is 330 g/mol. The van der Waals surface area contributed by atoms with Crippen molar-refractivity contribution in [3.05, 3.63) is 70.5 Å². The van der Waals surface area contributed by atoms with Crippen molar-refractivity contribution in [1.82, 2.24) is 0 Å². The van der Waals surface area contributed by atoms with Crippen LogP contribution in [0.15, 0.2) is 48.5 Å². The van der Waals surface area contributed by atoms with Gasteiger partial charge in [0.1, 0.15) is 5.82 Å². The van der Waals surface area contributed by atoms with Gasteiger partial charge in [0, 0.05) is 22.2 Å². The Morgan fingerprint density at radius 1 is 0.950 bits per heavy atom. The van der Waals surface area contributed by atoms with Gasteiger partial charge in [0.2, 0.25) is 0 Å². The summed E-state index contributed by atoms with van der Waals surface area (Å²) in [6.07, 6.45) is 0.640. The molecule has 2 aromatic carbocycles. The number of rotatable bonds is 5. The fraction of sp³-hybridized carbons (Fsp3) is 0.250. The molecule has 0 nitrogen and oxygen atoms in total. The van der Waals surface area contributed by atoms with E-state index in [-0.39, 0.29) is 5.82 Å². The van der Waals surface area contributed by atoms with Crippen LogP contribution in [-0.2, 0) is 11.8 Å². The van der Waals surface area contributed by atoms with Gasteiger partial charge < -0.3 is 0 Å². The summed E-state index contributed by atoms with van der Waals surface area (Å²) in [5.41, 5.74) is 1.58. The van der Waals surface area contributed by atoms with Crippen molar-refractivity contribution in [2.75, 3.05) is 11.8 Å². The molecule has 0 unspecified atom stereocenters. The van der Waals surface area contributed by atoms with Gasteiger partial charge in [0.15, 0.2) is 0 Å². The summed E-state index contributed by atoms with van der Waals surface area (Å²) in [7, 11) is 0. The second-order valence-corrected chi connectivity index (χ2v) is 5.83. The van der Waals surface area contributed by atoms with Crippen LogP contribution < -0.4 is 0 Å².